The zero-order valence-corrected chi connectivity index (χ0v) is 15.9. The first-order valence-corrected chi connectivity index (χ1v) is 10.4. The Labute approximate surface area is 139 Å². The van der Waals surface area contributed by atoms with Crippen LogP contribution in [0.4, 0.5) is 13.2 Å². The van der Waals surface area contributed by atoms with Gasteiger partial charge in [0.1, 0.15) is 8.07 Å². The molecule has 0 fully saturated rings. The minimum absolute atomic E-state index is 0.380. The fraction of sp³-hybridized carbons (Fsp3) is 0.579. The lowest BCUT2D eigenvalue weighted by atomic mass is 10.1. The summed E-state index contributed by atoms with van der Waals surface area (Å²) in [4.78, 5) is 0. The predicted molar refractivity (Wildman–Crippen MR) is 94.0 cm³/mol. The van der Waals surface area contributed by atoms with Crippen LogP contribution in [0.1, 0.15) is 52.7 Å². The van der Waals surface area contributed by atoms with Gasteiger partial charge in [0.2, 0.25) is 0 Å². The molecule has 0 aromatic heterocycles. The highest BCUT2D eigenvalue weighted by atomic mass is 28.3. The zero-order valence-electron chi connectivity index (χ0n) is 14.9. The van der Waals surface area contributed by atoms with E-state index in [1.165, 1.54) is 12.1 Å². The summed E-state index contributed by atoms with van der Waals surface area (Å²) in [6, 6.07) is 5.48. The summed E-state index contributed by atoms with van der Waals surface area (Å²) < 4.78 is 38.3. The van der Waals surface area contributed by atoms with Crippen LogP contribution in [0, 0.1) is 11.5 Å². The largest absolute Gasteiger partial charge is 0.416 e. The van der Waals surface area contributed by atoms with Crippen molar-refractivity contribution in [1.82, 2.24) is 0 Å². The lowest BCUT2D eigenvalue weighted by Gasteiger charge is -2.38. The monoisotopic (exact) mass is 340 g/mol. The van der Waals surface area contributed by atoms with Crippen LogP contribution in [0.2, 0.25) is 16.6 Å². The van der Waals surface area contributed by atoms with Crippen LogP contribution in [-0.2, 0) is 12.6 Å². The Balaban J connectivity index is 3.07. The Morgan fingerprint density at radius 1 is 0.957 bits per heavy atom. The Bertz CT molecular complexity index is 552. The van der Waals surface area contributed by atoms with Crippen LogP contribution in [0.15, 0.2) is 24.3 Å². The van der Waals surface area contributed by atoms with Gasteiger partial charge in [0.25, 0.3) is 0 Å². The molecule has 0 unspecified atom stereocenters. The molecule has 0 nitrogen and oxygen atoms in total. The molecule has 0 radical (unpaired) electrons. The van der Waals surface area contributed by atoms with E-state index < -0.39 is 19.8 Å². The van der Waals surface area contributed by atoms with Gasteiger partial charge < -0.3 is 0 Å². The second kappa shape index (κ2) is 7.57. The third-order valence-electron chi connectivity index (χ3n) is 4.72. The minimum Gasteiger partial charge on any atom is -0.166 e. The van der Waals surface area contributed by atoms with Gasteiger partial charge in [-0.1, -0.05) is 59.7 Å². The molecule has 128 valence electrons. The molecule has 0 atom stereocenters. The zero-order chi connectivity index (χ0) is 17.8. The van der Waals surface area contributed by atoms with Crippen LogP contribution in [0.5, 0.6) is 0 Å². The maximum Gasteiger partial charge on any atom is 0.416 e. The average molecular weight is 341 g/mol. The van der Waals surface area contributed by atoms with Crippen molar-refractivity contribution in [3.63, 3.8) is 0 Å². The van der Waals surface area contributed by atoms with Gasteiger partial charge in [0.15, 0.2) is 0 Å². The fourth-order valence-corrected chi connectivity index (χ4v) is 8.85. The van der Waals surface area contributed by atoms with Crippen molar-refractivity contribution in [1.29, 1.82) is 0 Å². The van der Waals surface area contributed by atoms with Gasteiger partial charge in [-0.2, -0.15) is 13.2 Å². The van der Waals surface area contributed by atoms with Crippen LogP contribution < -0.4 is 0 Å². The quantitative estimate of drug-likeness (QED) is 0.435. The highest BCUT2D eigenvalue weighted by molar-refractivity contribution is 6.90. The van der Waals surface area contributed by atoms with Crippen LogP contribution in [0.3, 0.4) is 0 Å². The Hall–Kier alpha value is -1.21. The molecule has 1 rings (SSSR count). The first-order chi connectivity index (χ1) is 10.5. The van der Waals surface area contributed by atoms with E-state index in [-0.39, 0.29) is 0 Å². The second-order valence-electron chi connectivity index (χ2n) is 7.07. The predicted octanol–water partition coefficient (Wildman–Crippen LogP) is 6.47. The second-order valence-corrected chi connectivity index (χ2v) is 12.7. The van der Waals surface area contributed by atoms with Crippen molar-refractivity contribution in [2.45, 2.75) is 70.8 Å². The van der Waals surface area contributed by atoms with Gasteiger partial charge >= 0.3 is 6.18 Å². The number of benzene rings is 1. The summed E-state index contributed by atoms with van der Waals surface area (Å²) in [5.41, 5.74) is 5.15. The molecule has 1 aromatic rings. The number of alkyl halides is 3. The smallest absolute Gasteiger partial charge is 0.166 e. The molecular formula is C19H27F3Si. The third-order valence-corrected chi connectivity index (χ3v) is 11.1. The summed E-state index contributed by atoms with van der Waals surface area (Å²) in [6.45, 7) is 13.4. The summed E-state index contributed by atoms with van der Waals surface area (Å²) >= 11 is 0. The van der Waals surface area contributed by atoms with E-state index in [1.807, 2.05) is 0 Å². The first-order valence-electron chi connectivity index (χ1n) is 8.18. The minimum atomic E-state index is -4.30. The van der Waals surface area contributed by atoms with Gasteiger partial charge in [-0.3, -0.25) is 0 Å². The fourth-order valence-electron chi connectivity index (χ4n) is 3.59. The molecule has 4 heteroatoms. The third kappa shape index (κ3) is 4.63. The Morgan fingerprint density at radius 2 is 1.48 bits per heavy atom. The van der Waals surface area contributed by atoms with Gasteiger partial charge in [-0.15, -0.1) is 11.5 Å². The number of halogens is 3. The molecule has 0 amide bonds. The van der Waals surface area contributed by atoms with Crippen molar-refractivity contribution in [3.05, 3.63) is 35.4 Å². The normalized spacial score (nSPS) is 12.7. The van der Waals surface area contributed by atoms with Gasteiger partial charge in [0.05, 0.1) is 5.56 Å². The van der Waals surface area contributed by atoms with Gasteiger partial charge in [-0.25, -0.2) is 0 Å². The lowest BCUT2D eigenvalue weighted by molar-refractivity contribution is -0.137. The van der Waals surface area contributed by atoms with Crippen molar-refractivity contribution >= 4 is 8.07 Å². The van der Waals surface area contributed by atoms with Gasteiger partial charge in [0, 0.05) is 6.42 Å². The Kier molecular flexibility index (Phi) is 6.53. The molecular weight excluding hydrogens is 313 g/mol. The molecule has 0 saturated carbocycles. The van der Waals surface area contributed by atoms with E-state index in [1.54, 1.807) is 6.07 Å². The van der Waals surface area contributed by atoms with E-state index >= 15 is 0 Å². The number of hydrogen-bond donors (Lipinski definition) is 0. The molecule has 0 aliphatic carbocycles. The van der Waals surface area contributed by atoms with Crippen molar-refractivity contribution in [3.8, 4) is 11.5 Å². The van der Waals surface area contributed by atoms with E-state index in [0.29, 0.717) is 28.6 Å². The molecule has 0 saturated heterocycles. The van der Waals surface area contributed by atoms with Crippen molar-refractivity contribution < 1.29 is 13.2 Å². The molecule has 0 aliphatic heterocycles. The molecule has 0 aliphatic rings. The van der Waals surface area contributed by atoms with Crippen LogP contribution >= 0.6 is 0 Å². The van der Waals surface area contributed by atoms with Gasteiger partial charge in [-0.05, 0) is 28.3 Å². The van der Waals surface area contributed by atoms with Crippen LogP contribution in [-0.4, -0.2) is 8.07 Å². The highest BCUT2D eigenvalue weighted by Crippen LogP contribution is 2.40. The summed E-state index contributed by atoms with van der Waals surface area (Å²) in [5, 5.41) is 0. The maximum atomic E-state index is 12.8. The summed E-state index contributed by atoms with van der Waals surface area (Å²) in [6.07, 6.45) is -3.92. The molecule has 23 heavy (non-hydrogen) atoms. The van der Waals surface area contributed by atoms with Crippen LogP contribution in [0.25, 0.3) is 0 Å². The van der Waals surface area contributed by atoms with E-state index in [4.69, 9.17) is 0 Å². The lowest BCUT2D eigenvalue weighted by Crippen LogP contribution is -2.43. The topological polar surface area (TPSA) is 0 Å². The van der Waals surface area contributed by atoms with E-state index in [9.17, 15) is 13.2 Å². The standard InChI is InChI=1S/C19H27F3Si/c1-14(2)23(15(3)4,16(5)6)12-8-10-17-9-7-11-18(13-17)19(20,21)22/h7,9,11,13-16H,10H2,1-6H3. The maximum absolute atomic E-state index is 12.8. The summed E-state index contributed by atoms with van der Waals surface area (Å²) in [5.74, 6) is 3.21. The molecule has 0 bridgehead atoms. The van der Waals surface area contributed by atoms with Crippen molar-refractivity contribution in [2.75, 3.05) is 0 Å². The molecule has 1 aromatic carbocycles. The highest BCUT2D eigenvalue weighted by Gasteiger charge is 2.41. The Morgan fingerprint density at radius 3 is 1.91 bits per heavy atom. The molecule has 0 N–H and O–H groups in total. The number of hydrogen-bond acceptors (Lipinski definition) is 0. The summed E-state index contributed by atoms with van der Waals surface area (Å²) in [7, 11) is -1.82. The number of rotatable bonds is 4. The average Bonchev–Trinajstić information content (AvgIpc) is 2.41. The molecule has 0 spiro atoms. The molecule has 0 heterocycles. The van der Waals surface area contributed by atoms with E-state index in [2.05, 4.69) is 53.0 Å². The van der Waals surface area contributed by atoms with Crippen molar-refractivity contribution in [2.24, 2.45) is 0 Å². The SMILES string of the molecule is CC(C)[Si](C#CCc1cccc(C(F)(F)F)c1)(C(C)C)C(C)C. The first kappa shape index (κ1) is 19.8. The van der Waals surface area contributed by atoms with E-state index in [0.717, 1.165) is 6.07 Å².